The van der Waals surface area contributed by atoms with Crippen LogP contribution in [0.15, 0.2) is 21.9 Å². The van der Waals surface area contributed by atoms with E-state index in [2.05, 4.69) is 22.2 Å². The topological polar surface area (TPSA) is 89.9 Å². The van der Waals surface area contributed by atoms with Gasteiger partial charge >= 0.3 is 0 Å². The molecule has 1 atom stereocenters. The first kappa shape index (κ1) is 18.9. The average molecular weight is 401 g/mol. The van der Waals surface area contributed by atoms with E-state index < -0.39 is 0 Å². The smallest absolute Gasteiger partial charge is 0.279 e. The zero-order valence-electron chi connectivity index (χ0n) is 16.3. The maximum atomic E-state index is 13.0. The number of rotatable bonds is 5. The van der Waals surface area contributed by atoms with E-state index in [0.717, 1.165) is 24.8 Å². The SMILES string of the molecule is CC(C)COc1c[nH]c(Cn2nnc3sc4c(c3c2=O)CCC(C)C4)cc1=O. The minimum Gasteiger partial charge on any atom is -0.488 e. The van der Waals surface area contributed by atoms with E-state index in [4.69, 9.17) is 4.74 Å². The highest BCUT2D eigenvalue weighted by molar-refractivity contribution is 7.18. The van der Waals surface area contributed by atoms with Gasteiger partial charge in [0.15, 0.2) is 10.6 Å². The molecule has 8 heteroatoms. The summed E-state index contributed by atoms with van der Waals surface area (Å²) >= 11 is 1.58. The second kappa shape index (κ2) is 7.50. The largest absolute Gasteiger partial charge is 0.488 e. The van der Waals surface area contributed by atoms with E-state index in [-0.39, 0.29) is 23.3 Å². The molecule has 0 saturated heterocycles. The van der Waals surface area contributed by atoms with Crippen LogP contribution in [0, 0.1) is 11.8 Å². The highest BCUT2D eigenvalue weighted by atomic mass is 32.1. The molecule has 0 aromatic carbocycles. The molecule has 28 heavy (non-hydrogen) atoms. The molecule has 0 amide bonds. The number of aryl methyl sites for hydroxylation is 1. The number of thiophene rings is 1. The fraction of sp³-hybridized carbons (Fsp3) is 0.500. The fourth-order valence-electron chi connectivity index (χ4n) is 3.52. The Kier molecular flexibility index (Phi) is 5.05. The summed E-state index contributed by atoms with van der Waals surface area (Å²) in [5.41, 5.74) is 1.38. The van der Waals surface area contributed by atoms with Crippen LogP contribution in [0.3, 0.4) is 0 Å². The second-order valence-electron chi connectivity index (χ2n) is 7.98. The number of aromatic amines is 1. The lowest BCUT2D eigenvalue weighted by Gasteiger charge is -2.17. The van der Waals surface area contributed by atoms with Gasteiger partial charge in [0.25, 0.3) is 5.56 Å². The van der Waals surface area contributed by atoms with Crippen molar-refractivity contribution in [3.8, 4) is 5.75 Å². The van der Waals surface area contributed by atoms with Gasteiger partial charge in [-0.2, -0.15) is 0 Å². The van der Waals surface area contributed by atoms with Crippen LogP contribution in [0.25, 0.3) is 10.2 Å². The monoisotopic (exact) mass is 400 g/mol. The number of H-pyrrole nitrogens is 1. The van der Waals surface area contributed by atoms with Crippen molar-refractivity contribution in [2.75, 3.05) is 6.61 Å². The fourth-order valence-corrected chi connectivity index (χ4v) is 4.84. The van der Waals surface area contributed by atoms with Crippen LogP contribution in [0.4, 0.5) is 0 Å². The van der Waals surface area contributed by atoms with E-state index in [9.17, 15) is 9.59 Å². The van der Waals surface area contributed by atoms with Crippen LogP contribution >= 0.6 is 11.3 Å². The third-order valence-electron chi connectivity index (χ3n) is 5.01. The van der Waals surface area contributed by atoms with Gasteiger partial charge in [-0.1, -0.05) is 26.0 Å². The van der Waals surface area contributed by atoms with Crippen molar-refractivity contribution in [3.05, 3.63) is 49.0 Å². The van der Waals surface area contributed by atoms with Crippen LogP contribution in [0.2, 0.25) is 0 Å². The molecule has 0 fully saturated rings. The van der Waals surface area contributed by atoms with E-state index >= 15 is 0 Å². The van der Waals surface area contributed by atoms with Crippen molar-refractivity contribution < 1.29 is 4.74 Å². The van der Waals surface area contributed by atoms with E-state index in [1.165, 1.54) is 15.6 Å². The molecule has 1 unspecified atom stereocenters. The number of hydrogen-bond donors (Lipinski definition) is 1. The second-order valence-corrected chi connectivity index (χ2v) is 9.06. The zero-order valence-corrected chi connectivity index (χ0v) is 17.1. The highest BCUT2D eigenvalue weighted by Crippen LogP contribution is 2.35. The Morgan fingerprint density at radius 1 is 1.39 bits per heavy atom. The van der Waals surface area contributed by atoms with Crippen LogP contribution in [0.1, 0.15) is 43.3 Å². The Morgan fingerprint density at radius 2 is 2.21 bits per heavy atom. The van der Waals surface area contributed by atoms with Gasteiger partial charge in [-0.15, -0.1) is 16.4 Å². The van der Waals surface area contributed by atoms with Crippen molar-refractivity contribution in [2.45, 2.75) is 46.6 Å². The lowest BCUT2D eigenvalue weighted by molar-refractivity contribution is 0.267. The third-order valence-corrected chi connectivity index (χ3v) is 6.15. The number of fused-ring (bicyclic) bond motifs is 3. The molecule has 3 aromatic heterocycles. The summed E-state index contributed by atoms with van der Waals surface area (Å²) in [7, 11) is 0. The van der Waals surface area contributed by atoms with Crippen molar-refractivity contribution in [1.82, 2.24) is 20.0 Å². The summed E-state index contributed by atoms with van der Waals surface area (Å²) in [5, 5.41) is 9.05. The van der Waals surface area contributed by atoms with Crippen LogP contribution in [-0.2, 0) is 19.4 Å². The van der Waals surface area contributed by atoms with Crippen LogP contribution in [-0.4, -0.2) is 26.6 Å². The molecule has 4 rings (SSSR count). The maximum absolute atomic E-state index is 13.0. The van der Waals surface area contributed by atoms with Gasteiger partial charge < -0.3 is 9.72 Å². The Balaban J connectivity index is 1.63. The Hall–Kier alpha value is -2.48. The molecule has 1 N–H and O–H groups in total. The predicted molar refractivity (Wildman–Crippen MR) is 109 cm³/mol. The van der Waals surface area contributed by atoms with Crippen LogP contribution in [0.5, 0.6) is 5.75 Å². The number of nitrogens with zero attached hydrogens (tertiary/aromatic N) is 3. The average Bonchev–Trinajstić information content (AvgIpc) is 3.01. The lowest BCUT2D eigenvalue weighted by atomic mass is 9.89. The van der Waals surface area contributed by atoms with Gasteiger partial charge in [-0.3, -0.25) is 9.59 Å². The molecule has 0 bridgehead atoms. The zero-order chi connectivity index (χ0) is 19.8. The standard InChI is InChI=1S/C20H24N4O3S/c1-11(2)10-27-16-8-21-13(7-15(16)25)9-24-20(26)18-14-5-4-12(3)6-17(14)28-19(18)22-23-24/h7-8,11-12H,4-6,9-10H2,1-3H3,(H,21,25). The van der Waals surface area contributed by atoms with Crippen molar-refractivity contribution in [3.63, 3.8) is 0 Å². The molecule has 3 aromatic rings. The first-order valence-electron chi connectivity index (χ1n) is 9.64. The van der Waals surface area contributed by atoms with Gasteiger partial charge in [0.2, 0.25) is 5.43 Å². The summed E-state index contributed by atoms with van der Waals surface area (Å²) in [4.78, 5) is 30.3. The van der Waals surface area contributed by atoms with Crippen LogP contribution < -0.4 is 15.7 Å². The number of aromatic nitrogens is 4. The van der Waals surface area contributed by atoms with Gasteiger partial charge in [-0.25, -0.2) is 4.68 Å². The number of nitrogens with one attached hydrogen (secondary N) is 1. The van der Waals surface area contributed by atoms with Crippen molar-refractivity contribution in [2.24, 2.45) is 11.8 Å². The highest BCUT2D eigenvalue weighted by Gasteiger charge is 2.23. The molecule has 3 heterocycles. The van der Waals surface area contributed by atoms with E-state index in [0.29, 0.717) is 34.4 Å². The summed E-state index contributed by atoms with van der Waals surface area (Å²) < 4.78 is 6.83. The first-order chi connectivity index (χ1) is 13.4. The quantitative estimate of drug-likeness (QED) is 0.711. The van der Waals surface area contributed by atoms with Crippen molar-refractivity contribution in [1.29, 1.82) is 0 Å². The van der Waals surface area contributed by atoms with E-state index in [1.54, 1.807) is 17.5 Å². The summed E-state index contributed by atoms with van der Waals surface area (Å²) in [6.45, 7) is 6.93. The first-order valence-corrected chi connectivity index (χ1v) is 10.5. The maximum Gasteiger partial charge on any atom is 0.279 e. The summed E-state index contributed by atoms with van der Waals surface area (Å²) in [5.74, 6) is 1.25. The molecule has 0 saturated carbocycles. The predicted octanol–water partition coefficient (Wildman–Crippen LogP) is 2.75. The lowest BCUT2D eigenvalue weighted by Crippen LogP contribution is -2.26. The molecular formula is C20H24N4O3S. The minimum absolute atomic E-state index is 0.141. The van der Waals surface area contributed by atoms with Gasteiger partial charge in [-0.05, 0) is 36.7 Å². The van der Waals surface area contributed by atoms with Gasteiger partial charge in [0.05, 0.1) is 18.5 Å². The molecule has 0 spiro atoms. The molecule has 1 aliphatic rings. The van der Waals surface area contributed by atoms with Crippen molar-refractivity contribution >= 4 is 21.6 Å². The molecule has 0 aliphatic heterocycles. The Morgan fingerprint density at radius 3 is 2.96 bits per heavy atom. The molecular weight excluding hydrogens is 376 g/mol. The molecule has 148 valence electrons. The molecule has 0 radical (unpaired) electrons. The minimum atomic E-state index is -0.210. The summed E-state index contributed by atoms with van der Waals surface area (Å²) in [6, 6.07) is 1.46. The molecule has 7 nitrogen and oxygen atoms in total. The summed E-state index contributed by atoms with van der Waals surface area (Å²) in [6.07, 6.45) is 4.55. The van der Waals surface area contributed by atoms with Gasteiger partial charge in [0.1, 0.15) is 0 Å². The third kappa shape index (κ3) is 3.61. The van der Waals surface area contributed by atoms with Gasteiger partial charge in [0, 0.05) is 22.8 Å². The Labute approximate surface area is 166 Å². The number of pyridine rings is 1. The number of hydrogen-bond acceptors (Lipinski definition) is 6. The Bertz CT molecular complexity index is 1130. The molecule has 1 aliphatic carbocycles. The normalized spacial score (nSPS) is 16.5. The van der Waals surface area contributed by atoms with E-state index in [1.807, 2.05) is 13.8 Å². The number of ether oxygens (including phenoxy) is 1.